The predicted octanol–water partition coefficient (Wildman–Crippen LogP) is 4.52. The maximum atomic E-state index is 12.9. The van der Waals surface area contributed by atoms with Crippen molar-refractivity contribution in [1.82, 2.24) is 4.98 Å². The lowest BCUT2D eigenvalue weighted by molar-refractivity contribution is -0.122. The summed E-state index contributed by atoms with van der Waals surface area (Å²) in [6, 6.07) is 19.3. The molecular weight excluding hydrogens is 390 g/mol. The van der Waals surface area contributed by atoms with Crippen LogP contribution in [0, 0.1) is 5.92 Å². The van der Waals surface area contributed by atoms with Crippen LogP contribution in [-0.4, -0.2) is 29.6 Å². The lowest BCUT2D eigenvalue weighted by atomic mass is 10.1. The fourth-order valence-corrected chi connectivity index (χ4v) is 4.71. The molecule has 1 fully saturated rings. The number of amides is 2. The third-order valence-electron chi connectivity index (χ3n) is 4.63. The van der Waals surface area contributed by atoms with Crippen LogP contribution in [0.25, 0.3) is 11.3 Å². The molecule has 0 spiro atoms. The van der Waals surface area contributed by atoms with E-state index in [-0.39, 0.29) is 24.2 Å². The number of nitrogens with one attached hydrogen (secondary N) is 1. The normalized spacial score (nSPS) is 16.4. The molecular formula is C21H19N3O2S2. The Kier molecular flexibility index (Phi) is 5.45. The molecule has 2 amide bonds. The Hall–Kier alpha value is -2.64. The van der Waals surface area contributed by atoms with Gasteiger partial charge in [0.2, 0.25) is 11.8 Å². The number of rotatable bonds is 5. The van der Waals surface area contributed by atoms with E-state index in [0.717, 1.165) is 26.3 Å². The van der Waals surface area contributed by atoms with E-state index >= 15 is 0 Å². The largest absolute Gasteiger partial charge is 0.316 e. The maximum absolute atomic E-state index is 12.9. The topological polar surface area (TPSA) is 62.3 Å². The Labute approximate surface area is 171 Å². The van der Waals surface area contributed by atoms with Gasteiger partial charge in [-0.25, -0.2) is 4.98 Å². The van der Waals surface area contributed by atoms with Crippen molar-refractivity contribution in [2.24, 2.45) is 5.92 Å². The Morgan fingerprint density at radius 2 is 1.82 bits per heavy atom. The summed E-state index contributed by atoms with van der Waals surface area (Å²) in [6.07, 6.45) is 2.18. The highest BCUT2D eigenvalue weighted by Gasteiger charge is 2.35. The third kappa shape index (κ3) is 3.81. The number of thiazole rings is 1. The molecule has 1 atom stereocenters. The number of carbonyl (C=O) groups excluding carboxylic acids is 2. The molecule has 3 aromatic rings. The number of para-hydroxylation sites is 1. The zero-order valence-corrected chi connectivity index (χ0v) is 16.9. The molecule has 1 aliphatic heterocycles. The van der Waals surface area contributed by atoms with Gasteiger partial charge in [-0.15, -0.1) is 0 Å². The van der Waals surface area contributed by atoms with Crippen molar-refractivity contribution in [1.29, 1.82) is 0 Å². The van der Waals surface area contributed by atoms with E-state index in [1.54, 1.807) is 16.7 Å². The molecule has 1 saturated heterocycles. The molecule has 28 heavy (non-hydrogen) atoms. The van der Waals surface area contributed by atoms with Gasteiger partial charge in [-0.05, 0) is 18.4 Å². The van der Waals surface area contributed by atoms with Crippen molar-refractivity contribution in [3.8, 4) is 11.3 Å². The van der Waals surface area contributed by atoms with E-state index in [9.17, 15) is 9.59 Å². The van der Waals surface area contributed by atoms with Crippen molar-refractivity contribution in [2.45, 2.75) is 10.8 Å². The van der Waals surface area contributed by atoms with Gasteiger partial charge in [-0.1, -0.05) is 71.6 Å². The number of anilines is 2. The second kappa shape index (κ2) is 8.16. The first-order valence-corrected chi connectivity index (χ1v) is 11.0. The van der Waals surface area contributed by atoms with Crippen LogP contribution in [-0.2, 0) is 9.59 Å². The van der Waals surface area contributed by atoms with Crippen molar-refractivity contribution in [3.05, 3.63) is 60.7 Å². The highest BCUT2D eigenvalue weighted by atomic mass is 32.2. The molecule has 1 aromatic heterocycles. The zero-order valence-electron chi connectivity index (χ0n) is 15.3. The summed E-state index contributed by atoms with van der Waals surface area (Å²) < 4.78 is 0.891. The van der Waals surface area contributed by atoms with Crippen LogP contribution in [0.3, 0.4) is 0 Å². The van der Waals surface area contributed by atoms with Crippen LogP contribution in [0.5, 0.6) is 0 Å². The first-order valence-electron chi connectivity index (χ1n) is 8.92. The van der Waals surface area contributed by atoms with Gasteiger partial charge in [0, 0.05) is 24.2 Å². The Balaban J connectivity index is 1.53. The van der Waals surface area contributed by atoms with Crippen molar-refractivity contribution < 1.29 is 9.59 Å². The molecule has 1 N–H and O–H groups in total. The van der Waals surface area contributed by atoms with Gasteiger partial charge < -0.3 is 10.2 Å². The second-order valence-electron chi connectivity index (χ2n) is 6.46. The lowest BCUT2D eigenvalue weighted by Gasteiger charge is -2.16. The number of hydrogen-bond donors (Lipinski definition) is 1. The van der Waals surface area contributed by atoms with E-state index in [2.05, 4.69) is 10.3 Å². The quantitative estimate of drug-likeness (QED) is 0.629. The minimum atomic E-state index is -0.379. The first-order chi connectivity index (χ1) is 13.7. The second-order valence-corrected chi connectivity index (χ2v) is 8.51. The summed E-state index contributed by atoms with van der Waals surface area (Å²) in [5.41, 5.74) is 2.56. The van der Waals surface area contributed by atoms with Crippen molar-refractivity contribution in [3.63, 3.8) is 0 Å². The molecule has 4 rings (SSSR count). The summed E-state index contributed by atoms with van der Waals surface area (Å²) in [5.74, 6) is -0.542. The average Bonchev–Trinajstić information content (AvgIpc) is 3.33. The molecule has 0 saturated carbocycles. The van der Waals surface area contributed by atoms with E-state index in [1.807, 2.05) is 66.9 Å². The number of aromatic nitrogens is 1. The fraction of sp³-hybridized carbons (Fsp3) is 0.190. The number of hydrogen-bond acceptors (Lipinski definition) is 5. The van der Waals surface area contributed by atoms with Crippen molar-refractivity contribution >= 4 is 45.6 Å². The summed E-state index contributed by atoms with van der Waals surface area (Å²) in [6.45, 7) is 0.392. The first kappa shape index (κ1) is 18.7. The van der Waals surface area contributed by atoms with Crippen LogP contribution in [0.2, 0.25) is 0 Å². The molecule has 1 aliphatic rings. The van der Waals surface area contributed by atoms with Gasteiger partial charge in [0.15, 0.2) is 4.34 Å². The summed E-state index contributed by atoms with van der Waals surface area (Å²) in [7, 11) is 0. The smallest absolute Gasteiger partial charge is 0.230 e. The highest BCUT2D eigenvalue weighted by molar-refractivity contribution is 8.00. The van der Waals surface area contributed by atoms with E-state index < -0.39 is 0 Å². The van der Waals surface area contributed by atoms with Gasteiger partial charge in [-0.3, -0.25) is 9.59 Å². The van der Waals surface area contributed by atoms with Gasteiger partial charge in [0.05, 0.1) is 5.92 Å². The SMILES string of the molecule is CSc1nc(-c2ccccc2)c(NC(=O)C2CC(=O)N(c3ccccc3)C2)s1. The minimum Gasteiger partial charge on any atom is -0.316 e. The molecule has 0 aliphatic carbocycles. The van der Waals surface area contributed by atoms with Crippen LogP contribution in [0.4, 0.5) is 10.7 Å². The minimum absolute atomic E-state index is 0.0243. The molecule has 7 heteroatoms. The number of benzene rings is 2. The van der Waals surface area contributed by atoms with E-state index in [1.165, 1.54) is 11.3 Å². The molecule has 0 bridgehead atoms. The Morgan fingerprint density at radius 1 is 1.14 bits per heavy atom. The number of carbonyl (C=O) groups is 2. The Bertz CT molecular complexity index is 989. The van der Waals surface area contributed by atoms with Gasteiger partial charge in [0.25, 0.3) is 0 Å². The molecule has 0 radical (unpaired) electrons. The standard InChI is InChI=1S/C21H19N3O2S2/c1-27-21-22-18(14-8-4-2-5-9-14)20(28-21)23-19(26)15-12-17(25)24(13-15)16-10-6-3-7-11-16/h2-11,15H,12-13H2,1H3,(H,23,26). The molecule has 2 heterocycles. The Morgan fingerprint density at radius 3 is 2.50 bits per heavy atom. The summed E-state index contributed by atoms with van der Waals surface area (Å²) in [5, 5.41) is 3.75. The van der Waals surface area contributed by atoms with E-state index in [0.29, 0.717) is 6.54 Å². The summed E-state index contributed by atoms with van der Waals surface area (Å²) >= 11 is 3.01. The van der Waals surface area contributed by atoms with Crippen LogP contribution < -0.4 is 10.2 Å². The highest BCUT2D eigenvalue weighted by Crippen LogP contribution is 2.37. The lowest BCUT2D eigenvalue weighted by Crippen LogP contribution is -2.28. The van der Waals surface area contributed by atoms with Crippen LogP contribution in [0.1, 0.15) is 6.42 Å². The third-order valence-corrected chi connectivity index (χ3v) is 6.59. The van der Waals surface area contributed by atoms with Crippen molar-refractivity contribution in [2.75, 3.05) is 23.0 Å². The van der Waals surface area contributed by atoms with Crippen LogP contribution >= 0.6 is 23.1 Å². The number of nitrogens with zero attached hydrogens (tertiary/aromatic N) is 2. The average molecular weight is 410 g/mol. The zero-order chi connectivity index (χ0) is 19.5. The molecule has 5 nitrogen and oxygen atoms in total. The molecule has 2 aromatic carbocycles. The predicted molar refractivity (Wildman–Crippen MR) is 115 cm³/mol. The van der Waals surface area contributed by atoms with Gasteiger partial charge >= 0.3 is 0 Å². The molecule has 1 unspecified atom stereocenters. The monoisotopic (exact) mass is 409 g/mol. The van der Waals surface area contributed by atoms with Gasteiger partial charge in [-0.2, -0.15) is 0 Å². The molecule has 142 valence electrons. The van der Waals surface area contributed by atoms with Crippen LogP contribution in [0.15, 0.2) is 65.0 Å². The maximum Gasteiger partial charge on any atom is 0.230 e. The number of thioether (sulfide) groups is 1. The fourth-order valence-electron chi connectivity index (χ4n) is 3.22. The van der Waals surface area contributed by atoms with Gasteiger partial charge in [0.1, 0.15) is 10.7 Å². The summed E-state index contributed by atoms with van der Waals surface area (Å²) in [4.78, 5) is 31.6. The van der Waals surface area contributed by atoms with E-state index in [4.69, 9.17) is 0 Å².